The Labute approximate surface area is 160 Å². The van der Waals surface area contributed by atoms with Gasteiger partial charge in [-0.05, 0) is 36.6 Å². The first-order chi connectivity index (χ1) is 12.0. The third kappa shape index (κ3) is 4.93. The van der Waals surface area contributed by atoms with Crippen molar-refractivity contribution in [1.29, 1.82) is 0 Å². The van der Waals surface area contributed by atoms with Gasteiger partial charge < -0.3 is 11.1 Å². The fraction of sp³-hybridized carbons (Fsp3) is 0.333. The molecule has 1 amide bonds. The number of hydrogen-bond donors (Lipinski definition) is 2. The first-order valence-electron chi connectivity index (χ1n) is 8.20. The van der Waals surface area contributed by atoms with Crippen LogP contribution in [0.1, 0.15) is 28.8 Å². The van der Waals surface area contributed by atoms with E-state index < -0.39 is 5.91 Å². The van der Waals surface area contributed by atoms with Crippen LogP contribution >= 0.6 is 27.5 Å². The predicted octanol–water partition coefficient (Wildman–Crippen LogP) is 3.67. The number of aromatic nitrogens is 1. The summed E-state index contributed by atoms with van der Waals surface area (Å²) in [6, 6.07) is 10.3. The van der Waals surface area contributed by atoms with Crippen LogP contribution in [0.5, 0.6) is 0 Å². The number of piperidine rings is 1. The highest BCUT2D eigenvalue weighted by Crippen LogP contribution is 2.24. The first kappa shape index (κ1) is 18.2. The summed E-state index contributed by atoms with van der Waals surface area (Å²) in [6.45, 7) is 3.00. The highest BCUT2D eigenvalue weighted by Gasteiger charge is 2.20. The van der Waals surface area contributed by atoms with Gasteiger partial charge in [-0.25, -0.2) is 4.98 Å². The molecule has 1 fully saturated rings. The molecule has 1 aliphatic rings. The number of nitrogens with zero attached hydrogens (tertiary/aromatic N) is 2. The van der Waals surface area contributed by atoms with Crippen LogP contribution in [0, 0.1) is 0 Å². The number of anilines is 1. The molecule has 0 bridgehead atoms. The maximum absolute atomic E-state index is 11.2. The van der Waals surface area contributed by atoms with Gasteiger partial charge in [-0.15, -0.1) is 0 Å². The van der Waals surface area contributed by atoms with E-state index in [1.807, 2.05) is 0 Å². The van der Waals surface area contributed by atoms with E-state index in [1.165, 1.54) is 11.8 Å². The molecule has 0 unspecified atom stereocenters. The largest absolute Gasteiger partial charge is 0.366 e. The summed E-state index contributed by atoms with van der Waals surface area (Å²) in [7, 11) is 0. The van der Waals surface area contributed by atoms with E-state index in [1.54, 1.807) is 6.07 Å². The van der Waals surface area contributed by atoms with Gasteiger partial charge in [0, 0.05) is 36.3 Å². The van der Waals surface area contributed by atoms with E-state index >= 15 is 0 Å². The van der Waals surface area contributed by atoms with Gasteiger partial charge in [0.25, 0.3) is 0 Å². The zero-order valence-corrected chi connectivity index (χ0v) is 16.1. The molecule has 3 N–H and O–H groups in total. The van der Waals surface area contributed by atoms with Gasteiger partial charge in [0.2, 0.25) is 5.91 Å². The van der Waals surface area contributed by atoms with Crippen molar-refractivity contribution in [2.24, 2.45) is 5.73 Å². The van der Waals surface area contributed by atoms with Gasteiger partial charge in [0.05, 0.1) is 10.6 Å². The second-order valence-corrected chi connectivity index (χ2v) is 7.56. The highest BCUT2D eigenvalue weighted by molar-refractivity contribution is 9.10. The molecule has 0 aliphatic carbocycles. The normalized spacial score (nSPS) is 15.9. The quantitative estimate of drug-likeness (QED) is 0.770. The number of halogens is 2. The van der Waals surface area contributed by atoms with Crippen LogP contribution in [0.4, 0.5) is 5.82 Å². The van der Waals surface area contributed by atoms with Gasteiger partial charge in [-0.2, -0.15) is 0 Å². The zero-order chi connectivity index (χ0) is 17.8. The molecule has 5 nitrogen and oxygen atoms in total. The minimum Gasteiger partial charge on any atom is -0.366 e. The van der Waals surface area contributed by atoms with Crippen molar-refractivity contribution in [3.05, 3.63) is 57.2 Å². The van der Waals surface area contributed by atoms with E-state index in [4.69, 9.17) is 17.3 Å². The summed E-state index contributed by atoms with van der Waals surface area (Å²) >= 11 is 9.66. The molecule has 25 heavy (non-hydrogen) atoms. The van der Waals surface area contributed by atoms with Crippen LogP contribution in [0.15, 0.2) is 41.0 Å². The third-order valence-corrected chi connectivity index (χ3v) is 5.19. The maximum atomic E-state index is 11.2. The van der Waals surface area contributed by atoms with Gasteiger partial charge in [-0.3, -0.25) is 9.69 Å². The second kappa shape index (κ2) is 8.17. The topological polar surface area (TPSA) is 71.2 Å². The standard InChI is InChI=1S/C18H20BrClN4O/c19-14-3-1-12(2-4-14)11-24-7-5-15(6-8-24)23-18-16(20)9-13(10-22-18)17(21)25/h1-4,9-10,15H,5-8,11H2,(H2,21,25)(H,22,23). The van der Waals surface area contributed by atoms with Crippen molar-refractivity contribution in [2.45, 2.75) is 25.4 Å². The molecule has 0 atom stereocenters. The van der Waals surface area contributed by atoms with Crippen LogP contribution in [-0.4, -0.2) is 34.9 Å². The lowest BCUT2D eigenvalue weighted by atomic mass is 10.0. The number of benzene rings is 1. The van der Waals surface area contributed by atoms with Gasteiger partial charge in [-0.1, -0.05) is 39.7 Å². The third-order valence-electron chi connectivity index (χ3n) is 4.37. The summed E-state index contributed by atoms with van der Waals surface area (Å²) in [5, 5.41) is 3.80. The van der Waals surface area contributed by atoms with Crippen molar-refractivity contribution < 1.29 is 4.79 Å². The Morgan fingerprint density at radius 2 is 2.00 bits per heavy atom. The minimum atomic E-state index is -0.526. The number of nitrogens with one attached hydrogen (secondary N) is 1. The molecule has 1 saturated heterocycles. The number of amides is 1. The molecule has 132 valence electrons. The van der Waals surface area contributed by atoms with E-state index in [0.717, 1.165) is 36.9 Å². The van der Waals surface area contributed by atoms with Crippen LogP contribution in [0.2, 0.25) is 5.02 Å². The van der Waals surface area contributed by atoms with Gasteiger partial charge in [0.1, 0.15) is 5.82 Å². The number of primary amides is 1. The maximum Gasteiger partial charge on any atom is 0.250 e. The van der Waals surface area contributed by atoms with Crippen molar-refractivity contribution in [2.75, 3.05) is 18.4 Å². The average Bonchev–Trinajstić information content (AvgIpc) is 2.60. The van der Waals surface area contributed by atoms with Crippen molar-refractivity contribution >= 4 is 39.3 Å². The average molecular weight is 424 g/mol. The fourth-order valence-electron chi connectivity index (χ4n) is 2.96. The molecule has 0 saturated carbocycles. The van der Waals surface area contributed by atoms with Crippen molar-refractivity contribution in [1.82, 2.24) is 9.88 Å². The lowest BCUT2D eigenvalue weighted by Gasteiger charge is -2.32. The number of nitrogens with two attached hydrogens (primary N) is 1. The predicted molar refractivity (Wildman–Crippen MR) is 104 cm³/mol. The second-order valence-electron chi connectivity index (χ2n) is 6.24. The highest BCUT2D eigenvalue weighted by atomic mass is 79.9. The SMILES string of the molecule is NC(=O)c1cnc(NC2CCN(Cc3ccc(Br)cc3)CC2)c(Cl)c1. The Morgan fingerprint density at radius 1 is 1.32 bits per heavy atom. The number of hydrogen-bond acceptors (Lipinski definition) is 4. The van der Waals surface area contributed by atoms with Crippen molar-refractivity contribution in [3.63, 3.8) is 0 Å². The molecule has 0 radical (unpaired) electrons. The Morgan fingerprint density at radius 3 is 2.60 bits per heavy atom. The van der Waals surface area contributed by atoms with Crippen LogP contribution in [0.3, 0.4) is 0 Å². The molecule has 2 aromatic rings. The molecule has 1 aliphatic heterocycles. The molecule has 7 heteroatoms. The molecule has 1 aromatic heterocycles. The number of carbonyl (C=O) groups is 1. The van der Waals surface area contributed by atoms with Gasteiger partial charge >= 0.3 is 0 Å². The number of carbonyl (C=O) groups excluding carboxylic acids is 1. The summed E-state index contributed by atoms with van der Waals surface area (Å²) in [6.07, 6.45) is 3.50. The van der Waals surface area contributed by atoms with Crippen LogP contribution in [0.25, 0.3) is 0 Å². The van der Waals surface area contributed by atoms with E-state index in [2.05, 4.69) is 55.4 Å². The zero-order valence-electron chi connectivity index (χ0n) is 13.7. The number of rotatable bonds is 5. The molecule has 3 rings (SSSR count). The molecule has 0 spiro atoms. The Bertz CT molecular complexity index is 745. The summed E-state index contributed by atoms with van der Waals surface area (Å²) in [5.74, 6) is 0.0835. The summed E-state index contributed by atoms with van der Waals surface area (Å²) in [5.41, 5.74) is 6.88. The fourth-order valence-corrected chi connectivity index (χ4v) is 3.44. The first-order valence-corrected chi connectivity index (χ1v) is 9.37. The minimum absolute atomic E-state index is 0.319. The summed E-state index contributed by atoms with van der Waals surface area (Å²) in [4.78, 5) is 17.8. The Balaban J connectivity index is 1.52. The Hall–Kier alpha value is -1.63. The number of pyridine rings is 1. The summed E-state index contributed by atoms with van der Waals surface area (Å²) < 4.78 is 1.10. The van der Waals surface area contributed by atoms with E-state index in [9.17, 15) is 4.79 Å². The molecule has 2 heterocycles. The van der Waals surface area contributed by atoms with Crippen molar-refractivity contribution in [3.8, 4) is 0 Å². The van der Waals surface area contributed by atoms with E-state index in [-0.39, 0.29) is 0 Å². The lowest BCUT2D eigenvalue weighted by molar-refractivity contribution is 0.1000. The van der Waals surface area contributed by atoms with E-state index in [0.29, 0.717) is 22.4 Å². The van der Waals surface area contributed by atoms with Gasteiger partial charge in [0.15, 0.2) is 0 Å². The van der Waals surface area contributed by atoms with Crippen LogP contribution < -0.4 is 11.1 Å². The molecular weight excluding hydrogens is 404 g/mol. The monoisotopic (exact) mass is 422 g/mol. The lowest BCUT2D eigenvalue weighted by Crippen LogP contribution is -2.38. The number of likely N-dealkylation sites (tertiary alicyclic amines) is 1. The molecule has 1 aromatic carbocycles. The molecular formula is C18H20BrClN4O. The Kier molecular flexibility index (Phi) is 5.93. The smallest absolute Gasteiger partial charge is 0.250 e. The van der Waals surface area contributed by atoms with Crippen LogP contribution in [-0.2, 0) is 6.54 Å².